The van der Waals surface area contributed by atoms with Gasteiger partial charge in [-0.3, -0.25) is 0 Å². The predicted octanol–water partition coefficient (Wildman–Crippen LogP) is 2.61. The van der Waals surface area contributed by atoms with E-state index in [-0.39, 0.29) is 5.97 Å². The van der Waals surface area contributed by atoms with E-state index in [4.69, 9.17) is 4.74 Å². The monoisotopic (exact) mass is 219 g/mol. The predicted molar refractivity (Wildman–Crippen MR) is 59.4 cm³/mol. The van der Waals surface area contributed by atoms with Crippen LogP contribution in [0.3, 0.4) is 0 Å². The third-order valence-corrected chi connectivity index (χ3v) is 2.01. The molecule has 0 saturated carbocycles. The molecule has 0 aliphatic heterocycles. The van der Waals surface area contributed by atoms with Crippen molar-refractivity contribution in [3.8, 4) is 0 Å². The van der Waals surface area contributed by atoms with Gasteiger partial charge in [-0.05, 0) is 30.7 Å². The summed E-state index contributed by atoms with van der Waals surface area (Å²) in [4.78, 5) is 24.9. The number of benzene rings is 1. The standard InChI is InChI=1S/C12H13NO3/c1-2-3-8-16-12(15)10-4-6-11(7-5-10)13-9-14/h4-7H,2-3,8H2,1H3. The zero-order chi connectivity index (χ0) is 11.8. The highest BCUT2D eigenvalue weighted by Crippen LogP contribution is 2.12. The Bertz CT molecular complexity index is 391. The highest BCUT2D eigenvalue weighted by atomic mass is 16.5. The van der Waals surface area contributed by atoms with E-state index in [1.165, 1.54) is 6.08 Å². The first kappa shape index (κ1) is 12.1. The summed E-state index contributed by atoms with van der Waals surface area (Å²) in [5, 5.41) is 0. The lowest BCUT2D eigenvalue weighted by Gasteiger charge is -2.03. The van der Waals surface area contributed by atoms with E-state index in [2.05, 4.69) is 4.99 Å². The number of esters is 1. The number of rotatable bonds is 5. The number of hydrogen-bond donors (Lipinski definition) is 0. The Morgan fingerprint density at radius 3 is 2.62 bits per heavy atom. The molecule has 84 valence electrons. The van der Waals surface area contributed by atoms with Crippen molar-refractivity contribution < 1.29 is 14.3 Å². The highest BCUT2D eigenvalue weighted by Gasteiger charge is 2.05. The van der Waals surface area contributed by atoms with E-state index in [9.17, 15) is 9.59 Å². The lowest BCUT2D eigenvalue weighted by Crippen LogP contribution is -2.05. The average Bonchev–Trinajstić information content (AvgIpc) is 2.30. The van der Waals surface area contributed by atoms with Gasteiger partial charge >= 0.3 is 5.97 Å². The lowest BCUT2D eigenvalue weighted by atomic mass is 10.2. The average molecular weight is 219 g/mol. The Kier molecular flexibility index (Phi) is 4.96. The molecule has 1 aromatic carbocycles. The van der Waals surface area contributed by atoms with Crippen LogP contribution in [-0.4, -0.2) is 18.7 Å². The minimum absolute atomic E-state index is 0.352. The fourth-order valence-corrected chi connectivity index (χ4v) is 1.12. The van der Waals surface area contributed by atoms with Crippen LogP contribution in [0.1, 0.15) is 30.1 Å². The van der Waals surface area contributed by atoms with Crippen LogP contribution < -0.4 is 0 Å². The first-order chi connectivity index (χ1) is 7.77. The molecule has 0 spiro atoms. The SMILES string of the molecule is CCCCOC(=O)c1ccc(N=C=O)cc1. The molecule has 0 aliphatic carbocycles. The normalized spacial score (nSPS) is 9.31. The zero-order valence-electron chi connectivity index (χ0n) is 9.10. The van der Waals surface area contributed by atoms with Crippen LogP contribution in [0.5, 0.6) is 0 Å². The van der Waals surface area contributed by atoms with Crippen LogP contribution in [0.25, 0.3) is 0 Å². The van der Waals surface area contributed by atoms with Crippen LogP contribution in [0.15, 0.2) is 29.3 Å². The Labute approximate surface area is 94.0 Å². The second-order valence-corrected chi connectivity index (χ2v) is 3.24. The quantitative estimate of drug-likeness (QED) is 0.331. The number of isocyanates is 1. The molecule has 0 unspecified atom stereocenters. The van der Waals surface area contributed by atoms with Crippen LogP contribution >= 0.6 is 0 Å². The summed E-state index contributed by atoms with van der Waals surface area (Å²) >= 11 is 0. The van der Waals surface area contributed by atoms with Crippen molar-refractivity contribution in [2.45, 2.75) is 19.8 Å². The van der Waals surface area contributed by atoms with Crippen LogP contribution in [0.4, 0.5) is 5.69 Å². The van der Waals surface area contributed by atoms with Crippen molar-refractivity contribution in [1.82, 2.24) is 0 Å². The van der Waals surface area contributed by atoms with Gasteiger partial charge in [0.25, 0.3) is 0 Å². The maximum absolute atomic E-state index is 11.5. The van der Waals surface area contributed by atoms with Gasteiger partial charge in [-0.2, -0.15) is 4.99 Å². The molecule has 0 heterocycles. The molecule has 0 aliphatic rings. The van der Waals surface area contributed by atoms with E-state index >= 15 is 0 Å². The van der Waals surface area contributed by atoms with Gasteiger partial charge in [-0.15, -0.1) is 0 Å². The van der Waals surface area contributed by atoms with Crippen molar-refractivity contribution in [2.24, 2.45) is 4.99 Å². The third-order valence-electron chi connectivity index (χ3n) is 2.01. The number of ether oxygens (including phenoxy) is 1. The maximum atomic E-state index is 11.5. The minimum atomic E-state index is -0.352. The van der Waals surface area contributed by atoms with Gasteiger partial charge < -0.3 is 4.74 Å². The molecule has 0 atom stereocenters. The van der Waals surface area contributed by atoms with Gasteiger partial charge in [-0.25, -0.2) is 9.59 Å². The second-order valence-electron chi connectivity index (χ2n) is 3.24. The van der Waals surface area contributed by atoms with Gasteiger partial charge in [0, 0.05) is 0 Å². The largest absolute Gasteiger partial charge is 0.462 e. The van der Waals surface area contributed by atoms with Crippen LogP contribution in [0, 0.1) is 0 Å². The van der Waals surface area contributed by atoms with Gasteiger partial charge in [0.1, 0.15) is 0 Å². The molecular weight excluding hydrogens is 206 g/mol. The Hall–Kier alpha value is -1.93. The number of carbonyl (C=O) groups is 1. The van der Waals surface area contributed by atoms with Crippen molar-refractivity contribution in [2.75, 3.05) is 6.61 Å². The molecule has 0 N–H and O–H groups in total. The van der Waals surface area contributed by atoms with Crippen molar-refractivity contribution in [1.29, 1.82) is 0 Å². The summed E-state index contributed by atoms with van der Waals surface area (Å²) in [6.07, 6.45) is 3.28. The number of carbonyl (C=O) groups excluding carboxylic acids is 2. The molecule has 4 nitrogen and oxygen atoms in total. The Balaban J connectivity index is 2.59. The smallest absolute Gasteiger partial charge is 0.338 e. The molecule has 0 aromatic heterocycles. The van der Waals surface area contributed by atoms with Gasteiger partial charge in [0.15, 0.2) is 0 Å². The van der Waals surface area contributed by atoms with Gasteiger partial charge in [-0.1, -0.05) is 13.3 Å². The topological polar surface area (TPSA) is 55.7 Å². The summed E-state index contributed by atoms with van der Waals surface area (Å²) in [6.45, 7) is 2.46. The molecule has 16 heavy (non-hydrogen) atoms. The summed E-state index contributed by atoms with van der Waals surface area (Å²) in [7, 11) is 0. The number of hydrogen-bond acceptors (Lipinski definition) is 4. The molecule has 0 fully saturated rings. The first-order valence-corrected chi connectivity index (χ1v) is 5.13. The second kappa shape index (κ2) is 6.53. The van der Waals surface area contributed by atoms with Crippen LogP contribution in [-0.2, 0) is 9.53 Å². The third kappa shape index (κ3) is 3.67. The lowest BCUT2D eigenvalue weighted by molar-refractivity contribution is 0.0500. The van der Waals surface area contributed by atoms with Gasteiger partial charge in [0.2, 0.25) is 6.08 Å². The molecule has 1 rings (SSSR count). The number of unbranched alkanes of at least 4 members (excludes halogenated alkanes) is 1. The van der Waals surface area contributed by atoms with E-state index in [0.717, 1.165) is 12.8 Å². The molecule has 0 saturated heterocycles. The van der Waals surface area contributed by atoms with Crippen molar-refractivity contribution in [3.05, 3.63) is 29.8 Å². The van der Waals surface area contributed by atoms with E-state index in [0.29, 0.717) is 17.9 Å². The van der Waals surface area contributed by atoms with Gasteiger partial charge in [0.05, 0.1) is 17.9 Å². The zero-order valence-corrected chi connectivity index (χ0v) is 9.10. The Morgan fingerprint density at radius 2 is 2.06 bits per heavy atom. The van der Waals surface area contributed by atoms with Crippen molar-refractivity contribution >= 4 is 17.7 Å². The number of aliphatic imine (C=N–C) groups is 1. The first-order valence-electron chi connectivity index (χ1n) is 5.13. The van der Waals surface area contributed by atoms with Crippen LogP contribution in [0.2, 0.25) is 0 Å². The molecule has 4 heteroatoms. The molecule has 1 aromatic rings. The maximum Gasteiger partial charge on any atom is 0.338 e. The summed E-state index contributed by atoms with van der Waals surface area (Å²) < 4.78 is 5.02. The van der Waals surface area contributed by atoms with E-state index in [1.807, 2.05) is 6.92 Å². The molecular formula is C12H13NO3. The summed E-state index contributed by atoms with van der Waals surface area (Å²) in [5.41, 5.74) is 0.932. The Morgan fingerprint density at radius 1 is 1.38 bits per heavy atom. The summed E-state index contributed by atoms with van der Waals surface area (Å²) in [6, 6.07) is 6.29. The molecule has 0 radical (unpaired) electrons. The minimum Gasteiger partial charge on any atom is -0.462 e. The highest BCUT2D eigenvalue weighted by molar-refractivity contribution is 5.89. The number of nitrogens with zero attached hydrogens (tertiary/aromatic N) is 1. The fourth-order valence-electron chi connectivity index (χ4n) is 1.12. The summed E-state index contributed by atoms with van der Waals surface area (Å²) in [5.74, 6) is -0.352. The molecule has 0 bridgehead atoms. The van der Waals surface area contributed by atoms with E-state index < -0.39 is 0 Å². The van der Waals surface area contributed by atoms with E-state index in [1.54, 1.807) is 24.3 Å². The van der Waals surface area contributed by atoms with Crippen molar-refractivity contribution in [3.63, 3.8) is 0 Å². The fraction of sp³-hybridized carbons (Fsp3) is 0.333. The molecule has 0 amide bonds.